The average Bonchev–Trinajstić information content (AvgIpc) is 3.08. The van der Waals surface area contributed by atoms with E-state index < -0.39 is 35.4 Å². The fraction of sp³-hybridized carbons (Fsp3) is 0.444. The largest absolute Gasteiger partial charge is 0.350 e. The number of nitrogens with one attached hydrogen (secondary N) is 2. The number of pyridine rings is 1. The summed E-state index contributed by atoms with van der Waals surface area (Å²) in [6, 6.07) is 21.3. The third kappa shape index (κ3) is 8.84. The summed E-state index contributed by atoms with van der Waals surface area (Å²) < 4.78 is 5.68. The van der Waals surface area contributed by atoms with Crippen LogP contribution in [0.5, 0.6) is 0 Å². The van der Waals surface area contributed by atoms with Crippen molar-refractivity contribution in [1.82, 2.24) is 15.9 Å². The second-order valence-corrected chi connectivity index (χ2v) is 11.9. The van der Waals surface area contributed by atoms with E-state index in [1.54, 1.807) is 12.4 Å². The summed E-state index contributed by atoms with van der Waals surface area (Å²) in [4.78, 5) is 53.2. The molecular weight excluding hydrogens is 568 g/mol. The highest BCUT2D eigenvalue weighted by atomic mass is 16.8. The zero-order chi connectivity index (χ0) is 32.1. The molecule has 1 fully saturated rings. The minimum atomic E-state index is -1.52. The molecule has 45 heavy (non-hydrogen) atoms. The van der Waals surface area contributed by atoms with E-state index in [0.29, 0.717) is 37.9 Å². The fourth-order valence-electron chi connectivity index (χ4n) is 6.38. The molecule has 0 radical (unpaired) electrons. The van der Waals surface area contributed by atoms with E-state index in [0.717, 1.165) is 36.0 Å². The smallest absolute Gasteiger partial charge is 0.247 e. The maximum atomic E-state index is 15.2. The molecule has 4 N–H and O–H groups in total. The number of amides is 2. The second-order valence-electron chi connectivity index (χ2n) is 11.9. The standard InChI is InChI=1S/C36H46N4O5/c1-3-21-36(35(43)39-37,24-28-15-8-5-9-16-28)33(41)32(30-25-38-22-20-26(30)2)29(18-12-17-27-13-6-4-7-14-27)34(42)40-45-31-19-10-11-23-44-31/h4-9,13-16,20,22,25,29,31-32H,3,10-12,17-19,21,23-24,37H2,1-2H3,(H,39,43)(H,40,42)/t29-,31?,32+,36?/m0/s1. The lowest BCUT2D eigenvalue weighted by Crippen LogP contribution is -2.53. The average molecular weight is 615 g/mol. The van der Waals surface area contributed by atoms with Crippen molar-refractivity contribution in [1.29, 1.82) is 0 Å². The molecule has 9 heteroatoms. The van der Waals surface area contributed by atoms with Crippen molar-refractivity contribution in [2.24, 2.45) is 17.2 Å². The van der Waals surface area contributed by atoms with Crippen LogP contribution in [0, 0.1) is 18.3 Å². The molecule has 240 valence electrons. The Hall–Kier alpha value is -3.92. The SMILES string of the molecule is CCCC(Cc1ccccc1)(C(=O)NN)C(=O)[C@@H](c1cnccc1C)[C@H](CCCc1ccccc1)C(=O)NOC1CCCCO1. The predicted molar refractivity (Wildman–Crippen MR) is 172 cm³/mol. The number of Topliss-reactive ketones (excluding diaryl/α,β-unsaturated/α-hetero) is 1. The van der Waals surface area contributed by atoms with Crippen LogP contribution in [0.4, 0.5) is 0 Å². The normalized spacial score (nSPS) is 17.4. The molecule has 1 aliphatic rings. The number of carbonyl (C=O) groups is 3. The van der Waals surface area contributed by atoms with Crippen LogP contribution in [0.25, 0.3) is 0 Å². The Balaban J connectivity index is 1.77. The summed E-state index contributed by atoms with van der Waals surface area (Å²) in [6.45, 7) is 4.39. The maximum Gasteiger partial charge on any atom is 0.247 e. The van der Waals surface area contributed by atoms with Crippen molar-refractivity contribution in [3.63, 3.8) is 0 Å². The highest BCUT2D eigenvalue weighted by Crippen LogP contribution is 2.42. The zero-order valence-corrected chi connectivity index (χ0v) is 26.4. The molecular formula is C36H46N4O5. The van der Waals surface area contributed by atoms with Crippen molar-refractivity contribution in [2.45, 2.75) is 83.8 Å². The van der Waals surface area contributed by atoms with Gasteiger partial charge in [0.2, 0.25) is 11.8 Å². The van der Waals surface area contributed by atoms with Crippen LogP contribution in [0.15, 0.2) is 79.1 Å². The monoisotopic (exact) mass is 614 g/mol. The molecule has 1 saturated heterocycles. The van der Waals surface area contributed by atoms with Crippen LogP contribution >= 0.6 is 0 Å². The lowest BCUT2D eigenvalue weighted by Gasteiger charge is -2.37. The van der Waals surface area contributed by atoms with Crippen molar-refractivity contribution in [3.8, 4) is 0 Å². The first-order valence-corrected chi connectivity index (χ1v) is 16.0. The van der Waals surface area contributed by atoms with Gasteiger partial charge < -0.3 is 4.74 Å². The number of hydroxylamine groups is 1. The van der Waals surface area contributed by atoms with Crippen LogP contribution in [0.3, 0.4) is 0 Å². The lowest BCUT2D eigenvalue weighted by molar-refractivity contribution is -0.202. The molecule has 0 aliphatic carbocycles. The molecule has 0 bridgehead atoms. The van der Waals surface area contributed by atoms with Crippen molar-refractivity contribution in [3.05, 3.63) is 101 Å². The summed E-state index contributed by atoms with van der Waals surface area (Å²) in [5, 5.41) is 0. The first-order valence-electron chi connectivity index (χ1n) is 16.0. The number of aromatic nitrogens is 1. The molecule has 9 nitrogen and oxygen atoms in total. The first-order chi connectivity index (χ1) is 21.9. The molecule has 4 rings (SSSR count). The Morgan fingerprint density at radius 2 is 1.76 bits per heavy atom. The van der Waals surface area contributed by atoms with E-state index in [9.17, 15) is 9.59 Å². The van der Waals surface area contributed by atoms with Crippen molar-refractivity contribution >= 4 is 17.6 Å². The number of hydrazine groups is 1. The minimum Gasteiger partial charge on any atom is -0.350 e. The van der Waals surface area contributed by atoms with E-state index in [1.165, 1.54) is 0 Å². The van der Waals surface area contributed by atoms with Crippen LogP contribution in [-0.2, 0) is 36.8 Å². The Morgan fingerprint density at radius 3 is 2.38 bits per heavy atom. The molecule has 2 unspecified atom stereocenters. The third-order valence-corrected chi connectivity index (χ3v) is 8.75. The molecule has 2 aromatic carbocycles. The topological polar surface area (TPSA) is 133 Å². The van der Waals surface area contributed by atoms with E-state index in [1.807, 2.05) is 80.6 Å². The van der Waals surface area contributed by atoms with Gasteiger partial charge in [-0.15, -0.1) is 0 Å². The number of hydrogen-bond donors (Lipinski definition) is 3. The summed E-state index contributed by atoms with van der Waals surface area (Å²) in [5.74, 6) is 2.58. The first kappa shape index (κ1) is 34.0. The Bertz CT molecular complexity index is 1380. The van der Waals surface area contributed by atoms with Gasteiger partial charge in [-0.05, 0) is 80.2 Å². The van der Waals surface area contributed by atoms with Gasteiger partial charge in [0.25, 0.3) is 0 Å². The molecule has 2 amide bonds. The lowest BCUT2D eigenvalue weighted by atomic mass is 9.65. The van der Waals surface area contributed by atoms with E-state index in [2.05, 4.69) is 15.9 Å². The highest BCUT2D eigenvalue weighted by molar-refractivity contribution is 6.10. The Kier molecular flexibility index (Phi) is 12.8. The van der Waals surface area contributed by atoms with Gasteiger partial charge in [0.1, 0.15) is 5.41 Å². The molecule has 3 aromatic rings. The minimum absolute atomic E-state index is 0.143. The van der Waals surface area contributed by atoms with Gasteiger partial charge in [0, 0.05) is 25.4 Å². The number of hydrogen-bond acceptors (Lipinski definition) is 7. The van der Waals surface area contributed by atoms with Gasteiger partial charge in [-0.3, -0.25) is 24.8 Å². The second kappa shape index (κ2) is 17.0. The number of aryl methyl sites for hydroxylation is 2. The highest BCUT2D eigenvalue weighted by Gasteiger charge is 2.51. The zero-order valence-electron chi connectivity index (χ0n) is 26.4. The number of nitrogens with two attached hydrogens (primary N) is 1. The van der Waals surface area contributed by atoms with Gasteiger partial charge in [0.15, 0.2) is 12.1 Å². The predicted octanol–water partition coefficient (Wildman–Crippen LogP) is 5.28. The quantitative estimate of drug-likeness (QED) is 0.0866. The van der Waals surface area contributed by atoms with Crippen molar-refractivity contribution < 1.29 is 24.0 Å². The number of ketones is 1. The van der Waals surface area contributed by atoms with Gasteiger partial charge in [-0.1, -0.05) is 74.0 Å². The Morgan fingerprint density at radius 1 is 1.04 bits per heavy atom. The number of nitrogens with zero attached hydrogens (tertiary/aromatic N) is 1. The molecule has 1 aromatic heterocycles. The number of rotatable bonds is 16. The molecule has 0 spiro atoms. The molecule has 1 aliphatic heterocycles. The molecule has 0 saturated carbocycles. The fourth-order valence-corrected chi connectivity index (χ4v) is 6.38. The number of ether oxygens (including phenoxy) is 1. The number of benzene rings is 2. The van der Waals surface area contributed by atoms with Gasteiger partial charge in [-0.25, -0.2) is 16.2 Å². The summed E-state index contributed by atoms with van der Waals surface area (Å²) in [7, 11) is 0. The summed E-state index contributed by atoms with van der Waals surface area (Å²) in [6.07, 6.45) is 7.96. The maximum absolute atomic E-state index is 15.2. The van der Waals surface area contributed by atoms with Gasteiger partial charge in [-0.2, -0.15) is 0 Å². The molecule has 4 atom stereocenters. The van der Waals surface area contributed by atoms with Crippen LogP contribution < -0.4 is 16.7 Å². The number of carbonyl (C=O) groups excluding carboxylic acids is 3. The van der Waals surface area contributed by atoms with Gasteiger partial charge in [0.05, 0.1) is 11.8 Å². The van der Waals surface area contributed by atoms with E-state index in [-0.39, 0.29) is 18.6 Å². The van der Waals surface area contributed by atoms with Crippen LogP contribution in [0.2, 0.25) is 0 Å². The van der Waals surface area contributed by atoms with Crippen LogP contribution in [-0.4, -0.2) is 35.5 Å². The third-order valence-electron chi connectivity index (χ3n) is 8.75. The van der Waals surface area contributed by atoms with E-state index in [4.69, 9.17) is 15.4 Å². The Labute approximate surface area is 266 Å². The van der Waals surface area contributed by atoms with Gasteiger partial charge >= 0.3 is 0 Å². The molecule has 2 heterocycles. The summed E-state index contributed by atoms with van der Waals surface area (Å²) >= 11 is 0. The van der Waals surface area contributed by atoms with Crippen molar-refractivity contribution in [2.75, 3.05) is 6.61 Å². The van der Waals surface area contributed by atoms with Crippen LogP contribution in [0.1, 0.15) is 80.0 Å². The summed E-state index contributed by atoms with van der Waals surface area (Å²) in [5.41, 5.74) is 6.78. The van der Waals surface area contributed by atoms with E-state index >= 15 is 4.79 Å².